The Morgan fingerprint density at radius 3 is 2.82 bits per heavy atom. The van der Waals surface area contributed by atoms with Gasteiger partial charge in [-0.15, -0.1) is 11.3 Å². The molecule has 0 saturated carbocycles. The number of hydrogen-bond donors (Lipinski definition) is 1. The molecule has 1 fully saturated rings. The van der Waals surface area contributed by atoms with E-state index >= 15 is 0 Å². The van der Waals surface area contributed by atoms with E-state index in [4.69, 9.17) is 9.72 Å². The molecule has 1 amide bonds. The van der Waals surface area contributed by atoms with Crippen LogP contribution in [0.1, 0.15) is 48.6 Å². The zero-order chi connectivity index (χ0) is 22.9. The van der Waals surface area contributed by atoms with E-state index in [0.717, 1.165) is 60.2 Å². The average Bonchev–Trinajstić information content (AvgIpc) is 3.45. The molecule has 5 rings (SSSR count). The largest absolute Gasteiger partial charge is 0.376 e. The summed E-state index contributed by atoms with van der Waals surface area (Å²) >= 11 is 3.00. The molecular formula is C25H29N3O3S2. The van der Waals surface area contributed by atoms with E-state index in [-0.39, 0.29) is 17.6 Å². The van der Waals surface area contributed by atoms with Crippen LogP contribution in [0.3, 0.4) is 0 Å². The van der Waals surface area contributed by atoms with Gasteiger partial charge >= 0.3 is 0 Å². The number of thioether (sulfide) groups is 1. The van der Waals surface area contributed by atoms with Crippen molar-refractivity contribution in [3.05, 3.63) is 50.6 Å². The van der Waals surface area contributed by atoms with Crippen molar-refractivity contribution in [3.63, 3.8) is 0 Å². The van der Waals surface area contributed by atoms with Crippen molar-refractivity contribution in [3.8, 4) is 0 Å². The minimum absolute atomic E-state index is 0.0172. The molecule has 0 bridgehead atoms. The smallest absolute Gasteiger partial charge is 0.263 e. The Bertz CT molecular complexity index is 1230. The van der Waals surface area contributed by atoms with E-state index in [9.17, 15) is 9.59 Å². The molecule has 2 aromatic heterocycles. The number of amides is 1. The second kappa shape index (κ2) is 9.60. The molecule has 1 aliphatic heterocycles. The number of nitrogens with one attached hydrogen (secondary N) is 1. The molecular weight excluding hydrogens is 454 g/mol. The number of ether oxygens (including phenoxy) is 1. The van der Waals surface area contributed by atoms with Crippen LogP contribution in [-0.2, 0) is 28.9 Å². The third-order valence-corrected chi connectivity index (χ3v) is 8.70. The summed E-state index contributed by atoms with van der Waals surface area (Å²) in [7, 11) is 0. The SMILES string of the molecule is Cc1ccc(NC(=O)C(C)Sc2nc3sc4c(c3c(=O)n2CC2CCCO2)CCCC4)cc1. The van der Waals surface area contributed by atoms with E-state index in [1.54, 1.807) is 15.9 Å². The predicted molar refractivity (Wildman–Crippen MR) is 135 cm³/mol. The van der Waals surface area contributed by atoms with Crippen LogP contribution in [0.4, 0.5) is 5.69 Å². The minimum atomic E-state index is -0.402. The molecule has 8 heteroatoms. The van der Waals surface area contributed by atoms with Gasteiger partial charge in [-0.3, -0.25) is 14.2 Å². The number of nitrogens with zero attached hydrogens (tertiary/aromatic N) is 2. The Balaban J connectivity index is 1.46. The maximum atomic E-state index is 13.7. The van der Waals surface area contributed by atoms with Gasteiger partial charge in [0.25, 0.3) is 5.56 Å². The molecule has 0 spiro atoms. The number of fused-ring (bicyclic) bond motifs is 3. The molecule has 33 heavy (non-hydrogen) atoms. The first-order valence-corrected chi connectivity index (χ1v) is 13.4. The molecule has 3 aromatic rings. The summed E-state index contributed by atoms with van der Waals surface area (Å²) in [6.45, 7) is 5.10. The second-order valence-electron chi connectivity index (χ2n) is 8.95. The number of rotatable bonds is 6. The van der Waals surface area contributed by atoms with Crippen LogP contribution in [0.2, 0.25) is 0 Å². The molecule has 1 aliphatic carbocycles. The van der Waals surface area contributed by atoms with Gasteiger partial charge in [0.05, 0.1) is 23.3 Å². The first-order chi connectivity index (χ1) is 16.0. The normalized spacial score (nSPS) is 18.9. The molecule has 6 nitrogen and oxygen atoms in total. The third kappa shape index (κ3) is 4.74. The number of aryl methyl sites for hydroxylation is 3. The molecule has 2 unspecified atom stereocenters. The van der Waals surface area contributed by atoms with Crippen molar-refractivity contribution >= 4 is 44.9 Å². The van der Waals surface area contributed by atoms with Gasteiger partial charge in [-0.2, -0.15) is 0 Å². The van der Waals surface area contributed by atoms with Gasteiger partial charge in [-0.05, 0) is 70.1 Å². The van der Waals surface area contributed by atoms with Gasteiger partial charge in [-0.25, -0.2) is 4.98 Å². The number of thiophene rings is 1. The summed E-state index contributed by atoms with van der Waals surface area (Å²) in [6.07, 6.45) is 6.25. The van der Waals surface area contributed by atoms with Crippen LogP contribution in [0.5, 0.6) is 0 Å². The average molecular weight is 484 g/mol. The molecule has 0 radical (unpaired) electrons. The number of hydrogen-bond acceptors (Lipinski definition) is 6. The van der Waals surface area contributed by atoms with Crippen LogP contribution in [0.15, 0.2) is 34.2 Å². The van der Waals surface area contributed by atoms with Crippen LogP contribution >= 0.6 is 23.1 Å². The summed E-state index contributed by atoms with van der Waals surface area (Å²) in [4.78, 5) is 33.6. The molecule has 1 aromatic carbocycles. The van der Waals surface area contributed by atoms with E-state index in [0.29, 0.717) is 11.7 Å². The zero-order valence-electron chi connectivity index (χ0n) is 19.1. The first kappa shape index (κ1) is 22.6. The lowest BCUT2D eigenvalue weighted by Gasteiger charge is -2.18. The number of aromatic nitrogens is 2. The lowest BCUT2D eigenvalue weighted by Crippen LogP contribution is -2.30. The van der Waals surface area contributed by atoms with Gasteiger partial charge in [0.1, 0.15) is 4.83 Å². The second-order valence-corrected chi connectivity index (χ2v) is 11.3. The van der Waals surface area contributed by atoms with Gasteiger partial charge in [-0.1, -0.05) is 29.5 Å². The minimum Gasteiger partial charge on any atom is -0.376 e. The van der Waals surface area contributed by atoms with Gasteiger partial charge in [0.2, 0.25) is 5.91 Å². The number of benzene rings is 1. The lowest BCUT2D eigenvalue weighted by atomic mass is 9.97. The van der Waals surface area contributed by atoms with Crippen molar-refractivity contribution in [2.45, 2.75) is 75.4 Å². The first-order valence-electron chi connectivity index (χ1n) is 11.7. The Hall–Kier alpha value is -2.16. The number of carbonyl (C=O) groups is 1. The Kier molecular flexibility index (Phi) is 6.58. The molecule has 2 atom stereocenters. The maximum Gasteiger partial charge on any atom is 0.263 e. The summed E-state index contributed by atoms with van der Waals surface area (Å²) in [5.41, 5.74) is 3.12. The molecule has 3 heterocycles. The topological polar surface area (TPSA) is 73.2 Å². The Morgan fingerprint density at radius 2 is 2.06 bits per heavy atom. The van der Waals surface area contributed by atoms with Crippen LogP contribution in [0, 0.1) is 6.92 Å². The van der Waals surface area contributed by atoms with Crippen LogP contribution < -0.4 is 10.9 Å². The molecule has 1 saturated heterocycles. The molecule has 174 valence electrons. The fourth-order valence-corrected chi connectivity index (χ4v) is 6.78. The zero-order valence-corrected chi connectivity index (χ0v) is 20.7. The van der Waals surface area contributed by atoms with E-state index in [1.165, 1.54) is 28.6 Å². The van der Waals surface area contributed by atoms with Crippen molar-refractivity contribution in [1.29, 1.82) is 0 Å². The lowest BCUT2D eigenvalue weighted by molar-refractivity contribution is -0.115. The van der Waals surface area contributed by atoms with Crippen LogP contribution in [-0.4, -0.2) is 33.4 Å². The highest BCUT2D eigenvalue weighted by Gasteiger charge is 2.26. The monoisotopic (exact) mass is 483 g/mol. The fourth-order valence-electron chi connectivity index (χ4n) is 4.56. The summed E-state index contributed by atoms with van der Waals surface area (Å²) in [5, 5.41) is 3.97. The summed E-state index contributed by atoms with van der Waals surface area (Å²) in [6, 6.07) is 7.75. The molecule has 2 aliphatic rings. The summed E-state index contributed by atoms with van der Waals surface area (Å²) < 4.78 is 7.60. The van der Waals surface area contributed by atoms with Crippen molar-refractivity contribution in [2.75, 3.05) is 11.9 Å². The van der Waals surface area contributed by atoms with E-state index in [1.807, 2.05) is 38.1 Å². The van der Waals surface area contributed by atoms with Gasteiger partial charge in [0.15, 0.2) is 5.16 Å². The third-order valence-electron chi connectivity index (χ3n) is 6.42. The van der Waals surface area contributed by atoms with Crippen LogP contribution in [0.25, 0.3) is 10.2 Å². The van der Waals surface area contributed by atoms with Crippen molar-refractivity contribution in [1.82, 2.24) is 9.55 Å². The van der Waals surface area contributed by atoms with Crippen molar-refractivity contribution in [2.24, 2.45) is 0 Å². The summed E-state index contributed by atoms with van der Waals surface area (Å²) in [5.74, 6) is -0.104. The standard InChI is InChI=1S/C25H29N3O3S2/c1-15-9-11-17(12-10-15)26-22(29)16(2)32-25-27-23-21(19-7-3-4-8-20(19)33-23)24(30)28(25)14-18-6-5-13-31-18/h9-12,16,18H,3-8,13-14H2,1-2H3,(H,26,29). The quantitative estimate of drug-likeness (QED) is 0.397. The van der Waals surface area contributed by atoms with E-state index in [2.05, 4.69) is 5.32 Å². The number of carbonyl (C=O) groups excluding carboxylic acids is 1. The highest BCUT2D eigenvalue weighted by Crippen LogP contribution is 2.35. The maximum absolute atomic E-state index is 13.7. The highest BCUT2D eigenvalue weighted by atomic mass is 32.2. The predicted octanol–water partition coefficient (Wildman–Crippen LogP) is 4.94. The highest BCUT2D eigenvalue weighted by molar-refractivity contribution is 8.00. The van der Waals surface area contributed by atoms with Gasteiger partial charge in [0, 0.05) is 17.2 Å². The number of anilines is 1. The van der Waals surface area contributed by atoms with Gasteiger partial charge < -0.3 is 10.1 Å². The fraction of sp³-hybridized carbons (Fsp3) is 0.480. The van der Waals surface area contributed by atoms with Crippen molar-refractivity contribution < 1.29 is 9.53 Å². The van der Waals surface area contributed by atoms with E-state index < -0.39 is 5.25 Å². The Labute approximate surface area is 201 Å². The molecule has 1 N–H and O–H groups in total. The Morgan fingerprint density at radius 1 is 1.27 bits per heavy atom.